The highest BCUT2D eigenvalue weighted by atomic mass is 16.3. The van der Waals surface area contributed by atoms with Crippen molar-refractivity contribution in [1.29, 1.82) is 5.26 Å². The molecule has 4 heteroatoms. The lowest BCUT2D eigenvalue weighted by Gasteiger charge is -1.97. The van der Waals surface area contributed by atoms with Crippen molar-refractivity contribution in [2.24, 2.45) is 0 Å². The van der Waals surface area contributed by atoms with Gasteiger partial charge >= 0.3 is 0 Å². The molecule has 0 spiro atoms. The number of nitrogens with zero attached hydrogens (tertiary/aromatic N) is 2. The molecule has 0 bridgehead atoms. The van der Waals surface area contributed by atoms with Crippen LogP contribution in [0.3, 0.4) is 0 Å². The van der Waals surface area contributed by atoms with Crippen LogP contribution in [0, 0.1) is 25.2 Å². The first kappa shape index (κ1) is 13.9. The first-order valence-electron chi connectivity index (χ1n) is 6.95. The Morgan fingerprint density at radius 3 is 2.55 bits per heavy atom. The number of phenolic OH excluding ortho intramolecular Hbond substituents is 1. The monoisotopic (exact) mass is 289 g/mol. The fraction of sp³-hybridized carbons (Fsp3) is 0.111. The Hall–Kier alpha value is -3.06. The highest BCUT2D eigenvalue weighted by Gasteiger charge is 2.09. The van der Waals surface area contributed by atoms with Crippen LogP contribution in [-0.4, -0.2) is 15.1 Å². The Kier molecular flexibility index (Phi) is 3.40. The third-order valence-electron chi connectivity index (χ3n) is 3.68. The summed E-state index contributed by atoms with van der Waals surface area (Å²) < 4.78 is 0. The molecule has 0 atom stereocenters. The minimum atomic E-state index is 0.199. The van der Waals surface area contributed by atoms with E-state index < -0.39 is 0 Å². The largest absolute Gasteiger partial charge is 0.508 e. The molecular weight excluding hydrogens is 274 g/mol. The van der Waals surface area contributed by atoms with Gasteiger partial charge in [-0.05, 0) is 60.9 Å². The number of nitrogens with one attached hydrogen (secondary N) is 1. The second-order valence-corrected chi connectivity index (χ2v) is 5.30. The van der Waals surface area contributed by atoms with Gasteiger partial charge in [0.25, 0.3) is 0 Å². The van der Waals surface area contributed by atoms with Crippen LogP contribution in [0.5, 0.6) is 5.75 Å². The van der Waals surface area contributed by atoms with E-state index in [-0.39, 0.29) is 5.75 Å². The molecule has 0 fully saturated rings. The van der Waals surface area contributed by atoms with Crippen molar-refractivity contribution in [3.05, 3.63) is 58.9 Å². The molecule has 0 aliphatic heterocycles. The number of imidazole rings is 1. The van der Waals surface area contributed by atoms with Crippen LogP contribution in [0.25, 0.3) is 22.7 Å². The molecule has 1 aromatic heterocycles. The number of aromatic hydroxyl groups is 1. The van der Waals surface area contributed by atoms with Gasteiger partial charge in [0.05, 0.1) is 16.6 Å². The average molecular weight is 289 g/mol. The van der Waals surface area contributed by atoms with E-state index in [0.29, 0.717) is 11.4 Å². The van der Waals surface area contributed by atoms with Gasteiger partial charge in [-0.1, -0.05) is 12.1 Å². The molecule has 1 heterocycles. The number of rotatable bonds is 2. The van der Waals surface area contributed by atoms with E-state index in [1.54, 1.807) is 30.3 Å². The maximum atomic E-state index is 9.40. The van der Waals surface area contributed by atoms with Crippen molar-refractivity contribution in [2.75, 3.05) is 0 Å². The quantitative estimate of drug-likeness (QED) is 0.701. The summed E-state index contributed by atoms with van der Waals surface area (Å²) in [5.74, 6) is 0.751. The fourth-order valence-corrected chi connectivity index (χ4v) is 2.29. The van der Waals surface area contributed by atoms with Crippen LogP contribution in [-0.2, 0) is 0 Å². The van der Waals surface area contributed by atoms with E-state index in [2.05, 4.69) is 16.0 Å². The van der Waals surface area contributed by atoms with Crippen LogP contribution in [0.4, 0.5) is 0 Å². The third kappa shape index (κ3) is 2.57. The molecule has 3 rings (SSSR count). The molecule has 0 amide bonds. The minimum Gasteiger partial charge on any atom is -0.508 e. The summed E-state index contributed by atoms with van der Waals surface area (Å²) in [6, 6.07) is 12.9. The molecule has 0 saturated carbocycles. The van der Waals surface area contributed by atoms with Crippen molar-refractivity contribution in [2.45, 2.75) is 13.8 Å². The van der Waals surface area contributed by atoms with Crippen molar-refractivity contribution in [1.82, 2.24) is 9.97 Å². The number of benzene rings is 2. The van der Waals surface area contributed by atoms with Crippen LogP contribution < -0.4 is 0 Å². The molecule has 0 radical (unpaired) electrons. The van der Waals surface area contributed by atoms with Crippen molar-refractivity contribution < 1.29 is 5.11 Å². The van der Waals surface area contributed by atoms with E-state index in [4.69, 9.17) is 0 Å². The second kappa shape index (κ2) is 5.38. The van der Waals surface area contributed by atoms with Crippen molar-refractivity contribution in [3.8, 4) is 11.8 Å². The molecular formula is C18H15N3O. The molecule has 0 saturated heterocycles. The predicted molar refractivity (Wildman–Crippen MR) is 87.2 cm³/mol. The van der Waals surface area contributed by atoms with E-state index in [1.165, 1.54) is 11.1 Å². The summed E-state index contributed by atoms with van der Waals surface area (Å²) in [6.07, 6.45) is 1.75. The molecule has 2 aromatic carbocycles. The topological polar surface area (TPSA) is 72.7 Å². The third-order valence-corrected chi connectivity index (χ3v) is 3.68. The SMILES string of the molecule is Cc1cc2nc(/C(C#N)=C\c3ccc(O)cc3)[nH]c2cc1C. The first-order valence-corrected chi connectivity index (χ1v) is 6.95. The smallest absolute Gasteiger partial charge is 0.149 e. The van der Waals surface area contributed by atoms with Gasteiger partial charge in [0.2, 0.25) is 0 Å². The van der Waals surface area contributed by atoms with Gasteiger partial charge in [-0.2, -0.15) is 5.26 Å². The van der Waals surface area contributed by atoms with E-state index >= 15 is 0 Å². The summed E-state index contributed by atoms with van der Waals surface area (Å²) in [6.45, 7) is 4.09. The standard InChI is InChI=1S/C18H15N3O/c1-11-7-16-17(8-12(11)2)21-18(20-16)14(10-19)9-13-3-5-15(22)6-4-13/h3-9,22H,1-2H3,(H,20,21)/b14-9-. The van der Waals surface area contributed by atoms with E-state index in [9.17, 15) is 10.4 Å². The van der Waals surface area contributed by atoms with Gasteiger partial charge < -0.3 is 10.1 Å². The molecule has 108 valence electrons. The Bertz CT molecular complexity index is 873. The van der Waals surface area contributed by atoms with Gasteiger partial charge in [0, 0.05) is 0 Å². The zero-order valence-electron chi connectivity index (χ0n) is 12.4. The molecule has 0 aliphatic rings. The maximum Gasteiger partial charge on any atom is 0.149 e. The van der Waals surface area contributed by atoms with Gasteiger partial charge in [-0.25, -0.2) is 4.98 Å². The number of hydrogen-bond donors (Lipinski definition) is 2. The lowest BCUT2D eigenvalue weighted by Crippen LogP contribution is -1.84. The molecule has 3 aromatic rings. The van der Waals surface area contributed by atoms with Gasteiger partial charge in [-0.15, -0.1) is 0 Å². The normalized spacial score (nSPS) is 11.6. The number of fused-ring (bicyclic) bond motifs is 1. The summed E-state index contributed by atoms with van der Waals surface area (Å²) in [7, 11) is 0. The number of aryl methyl sites for hydroxylation is 2. The molecule has 0 unspecified atom stereocenters. The summed E-state index contributed by atoms with van der Waals surface area (Å²) in [5, 5.41) is 18.7. The second-order valence-electron chi connectivity index (χ2n) is 5.30. The van der Waals surface area contributed by atoms with Crippen LogP contribution >= 0.6 is 0 Å². The fourth-order valence-electron chi connectivity index (χ4n) is 2.29. The Balaban J connectivity index is 2.07. The predicted octanol–water partition coefficient (Wildman–Crippen LogP) is 3.95. The molecule has 4 nitrogen and oxygen atoms in total. The van der Waals surface area contributed by atoms with Gasteiger partial charge in [0.1, 0.15) is 17.6 Å². The number of aromatic amines is 1. The molecule has 0 aliphatic carbocycles. The number of hydrogen-bond acceptors (Lipinski definition) is 3. The molecule has 22 heavy (non-hydrogen) atoms. The number of phenols is 1. The van der Waals surface area contributed by atoms with Crippen molar-refractivity contribution >= 4 is 22.7 Å². The summed E-state index contributed by atoms with van der Waals surface area (Å²) >= 11 is 0. The van der Waals surface area contributed by atoms with E-state index in [0.717, 1.165) is 16.6 Å². The maximum absolute atomic E-state index is 9.40. The first-order chi connectivity index (χ1) is 10.6. The van der Waals surface area contributed by atoms with Crippen molar-refractivity contribution in [3.63, 3.8) is 0 Å². The lowest BCUT2D eigenvalue weighted by atomic mass is 10.1. The Morgan fingerprint density at radius 1 is 1.18 bits per heavy atom. The highest BCUT2D eigenvalue weighted by molar-refractivity contribution is 5.90. The number of nitriles is 1. The summed E-state index contributed by atoms with van der Waals surface area (Å²) in [4.78, 5) is 7.70. The zero-order chi connectivity index (χ0) is 15.7. The number of aromatic nitrogens is 2. The Morgan fingerprint density at radius 2 is 1.86 bits per heavy atom. The molecule has 2 N–H and O–H groups in total. The summed E-state index contributed by atoms with van der Waals surface area (Å²) in [5.41, 5.74) is 5.42. The minimum absolute atomic E-state index is 0.199. The Labute approximate surface area is 128 Å². The number of allylic oxidation sites excluding steroid dienone is 1. The van der Waals surface area contributed by atoms with E-state index in [1.807, 2.05) is 26.0 Å². The van der Waals surface area contributed by atoms with Crippen LogP contribution in [0.15, 0.2) is 36.4 Å². The highest BCUT2D eigenvalue weighted by Crippen LogP contribution is 2.22. The van der Waals surface area contributed by atoms with Crippen LogP contribution in [0.1, 0.15) is 22.5 Å². The van der Waals surface area contributed by atoms with Gasteiger partial charge in [0.15, 0.2) is 0 Å². The number of H-pyrrole nitrogens is 1. The van der Waals surface area contributed by atoms with Gasteiger partial charge in [-0.3, -0.25) is 0 Å². The zero-order valence-corrected chi connectivity index (χ0v) is 12.4. The average Bonchev–Trinajstić information content (AvgIpc) is 2.89. The van der Waals surface area contributed by atoms with Crippen LogP contribution in [0.2, 0.25) is 0 Å². The lowest BCUT2D eigenvalue weighted by molar-refractivity contribution is 0.475.